The summed E-state index contributed by atoms with van der Waals surface area (Å²) in [5, 5.41) is 7.07. The molecule has 1 heterocycles. The summed E-state index contributed by atoms with van der Waals surface area (Å²) in [5.74, 6) is 0.785. The highest BCUT2D eigenvalue weighted by Gasteiger charge is 2.17. The molecule has 0 N–H and O–H groups in total. The zero-order valence-electron chi connectivity index (χ0n) is 11.8. The standard InChI is InChI=1S/C14H16N2O4S/c1-3-6-19-12-7-11(2)8-13(9-12)20-21(17,18)14-4-5-15-16-10-14/h4-5,7-10H,3,6H2,1-2H3. The largest absolute Gasteiger partial charge is 0.493 e. The molecule has 2 aromatic rings. The quantitative estimate of drug-likeness (QED) is 0.762. The molecule has 0 fully saturated rings. The molecule has 0 saturated heterocycles. The average molecular weight is 308 g/mol. The van der Waals surface area contributed by atoms with E-state index in [1.54, 1.807) is 12.1 Å². The van der Waals surface area contributed by atoms with E-state index in [1.807, 2.05) is 19.9 Å². The maximum Gasteiger partial charge on any atom is 0.340 e. The van der Waals surface area contributed by atoms with Gasteiger partial charge in [0.05, 0.1) is 19.0 Å². The first-order chi connectivity index (χ1) is 10.0. The highest BCUT2D eigenvalue weighted by molar-refractivity contribution is 7.87. The second-order valence-corrected chi connectivity index (χ2v) is 5.99. The first-order valence-electron chi connectivity index (χ1n) is 6.47. The van der Waals surface area contributed by atoms with Gasteiger partial charge in [0.25, 0.3) is 0 Å². The van der Waals surface area contributed by atoms with Crippen molar-refractivity contribution in [1.29, 1.82) is 0 Å². The van der Waals surface area contributed by atoms with Crippen molar-refractivity contribution < 1.29 is 17.3 Å². The van der Waals surface area contributed by atoms with Crippen molar-refractivity contribution in [2.24, 2.45) is 0 Å². The summed E-state index contributed by atoms with van der Waals surface area (Å²) in [6, 6.07) is 6.33. The molecule has 7 heteroatoms. The van der Waals surface area contributed by atoms with Gasteiger partial charge in [0.2, 0.25) is 0 Å². The van der Waals surface area contributed by atoms with E-state index in [4.69, 9.17) is 8.92 Å². The molecule has 0 aliphatic carbocycles. The van der Waals surface area contributed by atoms with Crippen LogP contribution in [-0.2, 0) is 10.1 Å². The highest BCUT2D eigenvalue weighted by atomic mass is 32.2. The number of nitrogens with zero attached hydrogens (tertiary/aromatic N) is 2. The van der Waals surface area contributed by atoms with Crippen molar-refractivity contribution in [3.8, 4) is 11.5 Å². The van der Waals surface area contributed by atoms with Gasteiger partial charge in [-0.15, -0.1) is 0 Å². The molecule has 1 aromatic heterocycles. The topological polar surface area (TPSA) is 78.4 Å². The third-order valence-electron chi connectivity index (χ3n) is 2.55. The molecule has 0 amide bonds. The molecule has 0 aliphatic rings. The zero-order valence-corrected chi connectivity index (χ0v) is 12.6. The van der Waals surface area contributed by atoms with E-state index in [0.717, 1.165) is 18.2 Å². The van der Waals surface area contributed by atoms with Gasteiger partial charge in [0, 0.05) is 6.07 Å². The number of hydrogen-bond acceptors (Lipinski definition) is 6. The maximum atomic E-state index is 12.1. The van der Waals surface area contributed by atoms with Crippen molar-refractivity contribution in [3.05, 3.63) is 42.2 Å². The fraction of sp³-hybridized carbons (Fsp3) is 0.286. The van der Waals surface area contributed by atoms with Crippen LogP contribution in [0.15, 0.2) is 41.6 Å². The van der Waals surface area contributed by atoms with Gasteiger partial charge in [-0.2, -0.15) is 18.6 Å². The Morgan fingerprint density at radius 1 is 1.14 bits per heavy atom. The molecule has 112 valence electrons. The molecule has 0 spiro atoms. The number of aryl methyl sites for hydroxylation is 1. The van der Waals surface area contributed by atoms with Crippen LogP contribution >= 0.6 is 0 Å². The molecular formula is C14H16N2O4S. The van der Waals surface area contributed by atoms with E-state index >= 15 is 0 Å². The SMILES string of the molecule is CCCOc1cc(C)cc(OS(=O)(=O)c2ccnnc2)c1. The lowest BCUT2D eigenvalue weighted by Gasteiger charge is -2.10. The van der Waals surface area contributed by atoms with Crippen molar-refractivity contribution in [1.82, 2.24) is 10.2 Å². The van der Waals surface area contributed by atoms with Crippen molar-refractivity contribution in [3.63, 3.8) is 0 Å². The molecular weight excluding hydrogens is 292 g/mol. The minimum atomic E-state index is -3.93. The number of aromatic nitrogens is 2. The minimum absolute atomic E-state index is 0.0463. The zero-order chi connectivity index (χ0) is 15.3. The van der Waals surface area contributed by atoms with E-state index < -0.39 is 10.1 Å². The van der Waals surface area contributed by atoms with Crippen LogP contribution in [0.2, 0.25) is 0 Å². The Labute approximate surface area is 123 Å². The summed E-state index contributed by atoms with van der Waals surface area (Å²) in [7, 11) is -3.93. The Hall–Kier alpha value is -2.15. The molecule has 0 saturated carbocycles. The molecule has 0 atom stereocenters. The van der Waals surface area contributed by atoms with Crippen LogP contribution in [0.4, 0.5) is 0 Å². The van der Waals surface area contributed by atoms with Gasteiger partial charge in [0.1, 0.15) is 16.4 Å². The van der Waals surface area contributed by atoms with Gasteiger partial charge >= 0.3 is 10.1 Å². The molecule has 0 aliphatic heterocycles. The Morgan fingerprint density at radius 3 is 2.57 bits per heavy atom. The summed E-state index contributed by atoms with van der Waals surface area (Å²) >= 11 is 0. The maximum absolute atomic E-state index is 12.1. The summed E-state index contributed by atoms with van der Waals surface area (Å²) in [6.07, 6.45) is 3.30. The highest BCUT2D eigenvalue weighted by Crippen LogP contribution is 2.25. The fourth-order valence-electron chi connectivity index (χ4n) is 1.67. The van der Waals surface area contributed by atoms with E-state index in [0.29, 0.717) is 12.4 Å². The summed E-state index contributed by atoms with van der Waals surface area (Å²) in [5.41, 5.74) is 0.849. The third-order valence-corrected chi connectivity index (χ3v) is 3.78. The molecule has 2 rings (SSSR count). The Bertz CT molecular complexity index is 702. The van der Waals surface area contributed by atoms with Crippen LogP contribution in [0.25, 0.3) is 0 Å². The predicted molar refractivity (Wildman–Crippen MR) is 76.8 cm³/mol. The van der Waals surface area contributed by atoms with Crippen LogP contribution in [0.1, 0.15) is 18.9 Å². The van der Waals surface area contributed by atoms with Gasteiger partial charge in [-0.05, 0) is 37.1 Å². The van der Waals surface area contributed by atoms with Gasteiger partial charge in [-0.1, -0.05) is 6.92 Å². The first kappa shape index (κ1) is 15.2. The third kappa shape index (κ3) is 4.16. The van der Waals surface area contributed by atoms with Gasteiger partial charge in [-0.25, -0.2) is 0 Å². The molecule has 0 radical (unpaired) electrons. The summed E-state index contributed by atoms with van der Waals surface area (Å²) in [6.45, 7) is 4.39. The monoisotopic (exact) mass is 308 g/mol. The van der Waals surface area contributed by atoms with E-state index in [2.05, 4.69) is 10.2 Å². The van der Waals surface area contributed by atoms with E-state index in [9.17, 15) is 8.42 Å². The molecule has 1 aromatic carbocycles. The Balaban J connectivity index is 2.25. The lowest BCUT2D eigenvalue weighted by Crippen LogP contribution is -2.10. The number of rotatable bonds is 6. The summed E-state index contributed by atoms with van der Waals surface area (Å²) < 4.78 is 34.8. The lowest BCUT2D eigenvalue weighted by atomic mass is 10.2. The average Bonchev–Trinajstić information content (AvgIpc) is 2.45. The van der Waals surface area contributed by atoms with E-state index in [1.165, 1.54) is 12.3 Å². The van der Waals surface area contributed by atoms with Crippen molar-refractivity contribution in [2.75, 3.05) is 6.61 Å². The van der Waals surface area contributed by atoms with Gasteiger partial charge < -0.3 is 8.92 Å². The van der Waals surface area contributed by atoms with Crippen LogP contribution < -0.4 is 8.92 Å². The summed E-state index contributed by atoms with van der Waals surface area (Å²) in [4.78, 5) is -0.0463. The van der Waals surface area contributed by atoms with Crippen LogP contribution in [0, 0.1) is 6.92 Å². The Morgan fingerprint density at radius 2 is 1.90 bits per heavy atom. The molecule has 21 heavy (non-hydrogen) atoms. The smallest absolute Gasteiger partial charge is 0.340 e. The number of hydrogen-bond donors (Lipinski definition) is 0. The fourth-order valence-corrected chi connectivity index (χ4v) is 2.52. The molecule has 6 nitrogen and oxygen atoms in total. The molecule has 0 bridgehead atoms. The molecule has 0 unspecified atom stereocenters. The van der Waals surface area contributed by atoms with Crippen LogP contribution in [0.5, 0.6) is 11.5 Å². The number of ether oxygens (including phenoxy) is 1. The van der Waals surface area contributed by atoms with Gasteiger partial charge in [0.15, 0.2) is 0 Å². The predicted octanol–water partition coefficient (Wildman–Crippen LogP) is 2.34. The second-order valence-electron chi connectivity index (χ2n) is 4.45. The Kier molecular flexibility index (Phi) is 4.74. The van der Waals surface area contributed by atoms with Gasteiger partial charge in [-0.3, -0.25) is 0 Å². The normalized spacial score (nSPS) is 11.1. The van der Waals surface area contributed by atoms with Crippen molar-refractivity contribution >= 4 is 10.1 Å². The number of benzene rings is 1. The second kappa shape index (κ2) is 6.53. The van der Waals surface area contributed by atoms with E-state index in [-0.39, 0.29) is 10.6 Å². The van der Waals surface area contributed by atoms with Crippen molar-refractivity contribution in [2.45, 2.75) is 25.2 Å². The van der Waals surface area contributed by atoms with Crippen LogP contribution in [0.3, 0.4) is 0 Å². The minimum Gasteiger partial charge on any atom is -0.493 e. The first-order valence-corrected chi connectivity index (χ1v) is 7.88. The lowest BCUT2D eigenvalue weighted by molar-refractivity contribution is 0.316. The van der Waals surface area contributed by atoms with Crippen LogP contribution in [-0.4, -0.2) is 25.2 Å².